The Labute approximate surface area is 267 Å². The molecule has 0 saturated heterocycles. The molecule has 1 radical (unpaired) electrons. The van der Waals surface area contributed by atoms with Gasteiger partial charge in [-0.1, -0.05) is 106 Å². The summed E-state index contributed by atoms with van der Waals surface area (Å²) in [7, 11) is 0. The maximum absolute atomic E-state index is 9.36. The smallest absolute Gasteiger partial charge is 0.512 e. The van der Waals surface area contributed by atoms with Crippen molar-refractivity contribution in [1.29, 1.82) is 0 Å². The summed E-state index contributed by atoms with van der Waals surface area (Å²) in [5, 5.41) is 10.1. The standard InChI is InChI=1S/C24H18N.C14H18O3.Ir/c1-24(2)20-9-5-4-8-18(20)19-13-11-17(15-21(19)24)23-14-12-16-7-3-6-10-22(16)25-23;1-4-10(2)12-5-7-13(8-6-12)17-14(16)9-11(3)15;/h3-10,12-15H,1-2H3;5-10,15H,4H2,1-3H3;/q-1;;/p+1/b;11-9-;. The second kappa shape index (κ2) is 13.5. The zero-order valence-electron chi connectivity index (χ0n) is 25.2. The number of benzene rings is 4. The third-order valence-corrected chi connectivity index (χ3v) is 8.01. The van der Waals surface area contributed by atoms with Crippen LogP contribution in [0.5, 0.6) is 5.75 Å². The van der Waals surface area contributed by atoms with E-state index in [0.717, 1.165) is 29.3 Å². The topological polar surface area (TPSA) is 63.8 Å². The molecule has 0 spiro atoms. The van der Waals surface area contributed by atoms with Crippen LogP contribution in [0, 0.1) is 6.07 Å². The fraction of sp³-hybridized carbons (Fsp3) is 0.211. The molecule has 0 saturated carbocycles. The van der Waals surface area contributed by atoms with Gasteiger partial charge in [-0.2, -0.15) is 0 Å². The molecule has 0 amide bonds. The number of esters is 1. The molecule has 0 bridgehead atoms. The van der Waals surface area contributed by atoms with Crippen LogP contribution in [-0.2, 0) is 25.5 Å². The Bertz CT molecular complexity index is 1770. The largest absolute Gasteiger partial charge is 0.519 e. The van der Waals surface area contributed by atoms with Crippen molar-refractivity contribution in [2.45, 2.75) is 52.4 Å². The van der Waals surface area contributed by atoms with Gasteiger partial charge in [-0.05, 0) is 53.0 Å². The fourth-order valence-corrected chi connectivity index (χ4v) is 5.43. The zero-order valence-corrected chi connectivity index (χ0v) is 27.6. The van der Waals surface area contributed by atoms with Crippen molar-refractivity contribution >= 4 is 16.9 Å². The first kappa shape index (κ1) is 31.9. The molecule has 5 heteroatoms. The van der Waals surface area contributed by atoms with Gasteiger partial charge in [0.05, 0.1) is 5.52 Å². The van der Waals surface area contributed by atoms with Gasteiger partial charge in [0, 0.05) is 32.2 Å². The summed E-state index contributed by atoms with van der Waals surface area (Å²) in [6, 6.07) is 36.6. The fourth-order valence-electron chi connectivity index (χ4n) is 5.43. The number of nitrogens with zero attached hydrogens (tertiary/aromatic N) is 1. The van der Waals surface area contributed by atoms with Crippen molar-refractivity contribution in [1.82, 2.24) is 4.98 Å². The number of aliphatic hydroxyl groups is 1. The molecule has 221 valence electrons. The van der Waals surface area contributed by atoms with E-state index in [2.05, 4.69) is 94.4 Å². The third kappa shape index (κ3) is 6.96. The zero-order chi connectivity index (χ0) is 29.9. The summed E-state index contributed by atoms with van der Waals surface area (Å²) in [5.74, 6) is 0.744. The SMILES string of the molecule is CC1(C)c2ccccc2-c2c[c-]c(-c3ccc4ccccc4n3)cc21.CCC(C)c1ccc(OC(=[OH+])/C=C(/C)O)cc1.[Ir]. The number of aromatic nitrogens is 1. The van der Waals surface area contributed by atoms with Crippen LogP contribution >= 0.6 is 0 Å². The molecule has 1 atom stereocenters. The van der Waals surface area contributed by atoms with E-state index in [1.165, 1.54) is 40.1 Å². The van der Waals surface area contributed by atoms with Crippen molar-refractivity contribution in [2.75, 3.05) is 0 Å². The predicted octanol–water partition coefficient (Wildman–Crippen LogP) is 9.55. The van der Waals surface area contributed by atoms with E-state index in [-0.39, 0.29) is 37.2 Å². The first-order valence-electron chi connectivity index (χ1n) is 14.4. The number of carbonyl (C=O) groups excluding carboxylic acids is 1. The number of hydrogen-bond donors (Lipinski definition) is 1. The number of allylic oxidation sites excluding steroid dienone is 1. The van der Waals surface area contributed by atoms with E-state index in [0.29, 0.717) is 11.7 Å². The number of para-hydroxylation sites is 1. The molecule has 4 aromatic carbocycles. The van der Waals surface area contributed by atoms with Crippen molar-refractivity contribution in [3.8, 4) is 28.1 Å². The van der Waals surface area contributed by atoms with Crippen LogP contribution in [0.15, 0.2) is 109 Å². The number of pyridine rings is 1. The molecule has 4 nitrogen and oxygen atoms in total. The molecule has 1 unspecified atom stereocenters. The Hall–Kier alpha value is -4.05. The van der Waals surface area contributed by atoms with Crippen LogP contribution in [0.3, 0.4) is 0 Å². The Morgan fingerprint density at radius 1 is 0.953 bits per heavy atom. The van der Waals surface area contributed by atoms with Gasteiger partial charge in [0.2, 0.25) is 5.75 Å². The maximum atomic E-state index is 9.36. The minimum absolute atomic E-state index is 0. The van der Waals surface area contributed by atoms with Crippen molar-refractivity contribution in [3.05, 3.63) is 132 Å². The molecule has 0 aliphatic heterocycles. The second-order valence-electron chi connectivity index (χ2n) is 11.3. The number of aliphatic hydroxyl groups excluding tert-OH is 1. The molecule has 6 rings (SSSR count). The monoisotopic (exact) mass is 748 g/mol. The van der Waals surface area contributed by atoms with Crippen LogP contribution in [0.2, 0.25) is 0 Å². The predicted molar refractivity (Wildman–Crippen MR) is 173 cm³/mol. The maximum Gasteiger partial charge on any atom is 0.519 e. The third-order valence-electron chi connectivity index (χ3n) is 8.01. The van der Waals surface area contributed by atoms with Gasteiger partial charge in [0.25, 0.3) is 0 Å². The molecule has 1 aliphatic rings. The first-order valence-corrected chi connectivity index (χ1v) is 14.4. The molecular formula is C38H37IrNO3. The molecular weight excluding hydrogens is 711 g/mol. The van der Waals surface area contributed by atoms with Gasteiger partial charge in [0.15, 0.2) is 0 Å². The van der Waals surface area contributed by atoms with Crippen LogP contribution in [-0.4, -0.2) is 20.9 Å². The average molecular weight is 748 g/mol. The van der Waals surface area contributed by atoms with E-state index in [1.807, 2.05) is 24.3 Å². The average Bonchev–Trinajstić information content (AvgIpc) is 3.23. The Kier molecular flexibility index (Phi) is 10.0. The Balaban J connectivity index is 0.000000208. The normalized spacial score (nSPS) is 13.6. The molecule has 0 fully saturated rings. The van der Waals surface area contributed by atoms with E-state index in [4.69, 9.17) is 14.8 Å². The summed E-state index contributed by atoms with van der Waals surface area (Å²) in [6.45, 7) is 10.4. The molecule has 2 N–H and O–H groups in total. The summed E-state index contributed by atoms with van der Waals surface area (Å²) >= 11 is 0. The molecule has 1 heterocycles. The van der Waals surface area contributed by atoms with E-state index in [9.17, 15) is 4.79 Å². The molecule has 1 aromatic heterocycles. The minimum atomic E-state index is -0.318. The molecule has 5 aromatic rings. The van der Waals surface area contributed by atoms with E-state index in [1.54, 1.807) is 12.1 Å². The van der Waals surface area contributed by atoms with Gasteiger partial charge in [-0.3, -0.25) is 9.72 Å². The van der Waals surface area contributed by atoms with Crippen LogP contribution < -0.4 is 4.74 Å². The first-order chi connectivity index (χ1) is 20.2. The second-order valence-corrected chi connectivity index (χ2v) is 11.3. The number of ether oxygens (including phenoxy) is 1. The van der Waals surface area contributed by atoms with Crippen LogP contribution in [0.4, 0.5) is 0 Å². The van der Waals surface area contributed by atoms with Crippen LogP contribution in [0.25, 0.3) is 33.3 Å². The van der Waals surface area contributed by atoms with Gasteiger partial charge in [-0.15, -0.1) is 29.3 Å². The molecule has 1 aliphatic carbocycles. The van der Waals surface area contributed by atoms with Gasteiger partial charge in [-0.25, -0.2) is 0 Å². The van der Waals surface area contributed by atoms with E-state index >= 15 is 0 Å². The van der Waals surface area contributed by atoms with Crippen molar-refractivity contribution in [2.24, 2.45) is 0 Å². The Morgan fingerprint density at radius 2 is 1.65 bits per heavy atom. The van der Waals surface area contributed by atoms with Crippen LogP contribution in [0.1, 0.15) is 63.6 Å². The number of hydrogen-bond acceptors (Lipinski definition) is 3. The molecule has 43 heavy (non-hydrogen) atoms. The Morgan fingerprint density at radius 3 is 2.37 bits per heavy atom. The summed E-state index contributed by atoms with van der Waals surface area (Å²) in [6.07, 6.45) is 2.24. The van der Waals surface area contributed by atoms with Crippen molar-refractivity contribution < 1.29 is 34.7 Å². The quantitative estimate of drug-likeness (QED) is 0.0487. The summed E-state index contributed by atoms with van der Waals surface area (Å²) in [5.41, 5.74) is 9.69. The van der Waals surface area contributed by atoms with Gasteiger partial charge >= 0.3 is 5.97 Å². The van der Waals surface area contributed by atoms with Gasteiger partial charge < -0.3 is 9.90 Å². The number of rotatable bonds is 5. The number of fused-ring (bicyclic) bond motifs is 4. The minimum Gasteiger partial charge on any atom is -0.512 e. The summed E-state index contributed by atoms with van der Waals surface area (Å²) in [4.78, 5) is 14.2. The van der Waals surface area contributed by atoms with E-state index < -0.39 is 0 Å². The van der Waals surface area contributed by atoms with Crippen molar-refractivity contribution in [3.63, 3.8) is 0 Å². The summed E-state index contributed by atoms with van der Waals surface area (Å²) < 4.78 is 5.13. The van der Waals surface area contributed by atoms with Gasteiger partial charge in [0.1, 0.15) is 11.8 Å².